The molecule has 2 fully saturated rings. The number of hydrogen-bond acceptors (Lipinski definition) is 4. The zero-order valence-electron chi connectivity index (χ0n) is 12.5. The van der Waals surface area contributed by atoms with E-state index in [1.54, 1.807) is 6.92 Å². The van der Waals surface area contributed by atoms with Crippen LogP contribution < -0.4 is 0 Å². The lowest BCUT2D eigenvalue weighted by Crippen LogP contribution is -2.54. The molecule has 2 aliphatic heterocycles. The van der Waals surface area contributed by atoms with Gasteiger partial charge in [0.15, 0.2) is 0 Å². The number of rotatable bonds is 5. The van der Waals surface area contributed by atoms with E-state index in [0.29, 0.717) is 31.2 Å². The average Bonchev–Trinajstić information content (AvgIpc) is 2.93. The summed E-state index contributed by atoms with van der Waals surface area (Å²) in [5.41, 5.74) is 0.329. The molecule has 2 saturated heterocycles. The van der Waals surface area contributed by atoms with E-state index in [1.807, 2.05) is 0 Å². The number of aryl methyl sites for hydroxylation is 1. The molecular formula is C15H20FNO4S. The third-order valence-electron chi connectivity index (χ3n) is 4.17. The minimum atomic E-state index is -3.55. The Bertz CT molecular complexity index is 637. The molecule has 2 heterocycles. The van der Waals surface area contributed by atoms with Crippen LogP contribution in [0.2, 0.25) is 0 Å². The second-order valence-corrected chi connectivity index (χ2v) is 7.86. The monoisotopic (exact) mass is 329 g/mol. The Balaban J connectivity index is 1.55. The highest BCUT2D eigenvalue weighted by Gasteiger charge is 2.37. The van der Waals surface area contributed by atoms with Crippen molar-refractivity contribution in [3.8, 4) is 0 Å². The van der Waals surface area contributed by atoms with Crippen LogP contribution in [-0.2, 0) is 19.5 Å². The van der Waals surface area contributed by atoms with Crippen molar-refractivity contribution in [2.45, 2.75) is 24.3 Å². The van der Waals surface area contributed by atoms with Gasteiger partial charge in [0.05, 0.1) is 24.2 Å². The van der Waals surface area contributed by atoms with Crippen LogP contribution in [0.25, 0.3) is 0 Å². The summed E-state index contributed by atoms with van der Waals surface area (Å²) in [4.78, 5) is 0.133. The minimum Gasteiger partial charge on any atom is -0.381 e. The molecule has 1 aromatic carbocycles. The van der Waals surface area contributed by atoms with Gasteiger partial charge < -0.3 is 9.47 Å². The fourth-order valence-corrected chi connectivity index (χ4v) is 4.20. The summed E-state index contributed by atoms with van der Waals surface area (Å²) in [6.07, 6.45) is 0.945. The second kappa shape index (κ2) is 6.23. The Morgan fingerprint density at radius 1 is 1.41 bits per heavy atom. The third-order valence-corrected chi connectivity index (χ3v) is 6.00. The van der Waals surface area contributed by atoms with Crippen LogP contribution in [-0.4, -0.2) is 51.7 Å². The fourth-order valence-electron chi connectivity index (χ4n) is 2.62. The van der Waals surface area contributed by atoms with Gasteiger partial charge in [0.1, 0.15) is 5.82 Å². The minimum absolute atomic E-state index is 0.0584. The first kappa shape index (κ1) is 15.9. The lowest BCUT2D eigenvalue weighted by atomic mass is 10.1. The van der Waals surface area contributed by atoms with Crippen molar-refractivity contribution in [1.29, 1.82) is 0 Å². The van der Waals surface area contributed by atoms with E-state index in [1.165, 1.54) is 22.5 Å². The summed E-state index contributed by atoms with van der Waals surface area (Å²) in [5, 5.41) is 0. The molecular weight excluding hydrogens is 309 g/mol. The zero-order chi connectivity index (χ0) is 15.7. The molecule has 7 heteroatoms. The van der Waals surface area contributed by atoms with Crippen molar-refractivity contribution in [1.82, 2.24) is 4.31 Å². The topological polar surface area (TPSA) is 55.8 Å². The van der Waals surface area contributed by atoms with Crippen molar-refractivity contribution in [2.75, 3.05) is 32.9 Å². The van der Waals surface area contributed by atoms with E-state index < -0.39 is 15.8 Å². The van der Waals surface area contributed by atoms with Gasteiger partial charge in [0.25, 0.3) is 0 Å². The van der Waals surface area contributed by atoms with Crippen LogP contribution in [0.1, 0.15) is 12.0 Å². The lowest BCUT2D eigenvalue weighted by molar-refractivity contribution is -0.0354. The smallest absolute Gasteiger partial charge is 0.243 e. The van der Waals surface area contributed by atoms with Crippen LogP contribution in [0.3, 0.4) is 0 Å². The van der Waals surface area contributed by atoms with Crippen molar-refractivity contribution in [2.24, 2.45) is 5.92 Å². The van der Waals surface area contributed by atoms with Crippen molar-refractivity contribution in [3.05, 3.63) is 29.6 Å². The molecule has 0 amide bonds. The molecule has 0 aromatic heterocycles. The third kappa shape index (κ3) is 3.17. The predicted octanol–water partition coefficient (Wildman–Crippen LogP) is 1.56. The number of hydrogen-bond donors (Lipinski definition) is 0. The van der Waals surface area contributed by atoms with Gasteiger partial charge in [-0.2, -0.15) is 4.31 Å². The Morgan fingerprint density at radius 3 is 2.82 bits per heavy atom. The van der Waals surface area contributed by atoms with Crippen molar-refractivity contribution >= 4 is 10.0 Å². The maximum atomic E-state index is 13.3. The summed E-state index contributed by atoms with van der Waals surface area (Å²) in [6.45, 7) is 4.39. The number of nitrogens with zero attached hydrogens (tertiary/aromatic N) is 1. The molecule has 1 unspecified atom stereocenters. The molecule has 0 aliphatic carbocycles. The van der Waals surface area contributed by atoms with Crippen LogP contribution in [0, 0.1) is 18.7 Å². The molecule has 5 nitrogen and oxygen atoms in total. The van der Waals surface area contributed by atoms with Gasteiger partial charge in [-0.05, 0) is 37.1 Å². The highest BCUT2D eigenvalue weighted by Crippen LogP contribution is 2.25. The zero-order valence-corrected chi connectivity index (χ0v) is 13.3. The van der Waals surface area contributed by atoms with Crippen molar-refractivity contribution in [3.63, 3.8) is 0 Å². The van der Waals surface area contributed by atoms with E-state index in [4.69, 9.17) is 9.47 Å². The number of ether oxygens (including phenoxy) is 2. The molecule has 1 aromatic rings. The molecule has 0 N–H and O–H groups in total. The Labute approximate surface area is 130 Å². The SMILES string of the molecule is Cc1cc(S(=O)(=O)N2CC(OCC3CCOC3)C2)ccc1F. The fraction of sp³-hybridized carbons (Fsp3) is 0.600. The summed E-state index contributed by atoms with van der Waals surface area (Å²) < 4.78 is 50.4. The summed E-state index contributed by atoms with van der Waals surface area (Å²) in [7, 11) is -3.55. The maximum absolute atomic E-state index is 13.3. The average molecular weight is 329 g/mol. The van der Waals surface area contributed by atoms with Gasteiger partial charge in [-0.15, -0.1) is 0 Å². The molecule has 0 radical (unpaired) electrons. The summed E-state index contributed by atoms with van der Waals surface area (Å²) >= 11 is 0. The van der Waals surface area contributed by atoms with Crippen LogP contribution in [0.15, 0.2) is 23.1 Å². The van der Waals surface area contributed by atoms with E-state index >= 15 is 0 Å². The molecule has 122 valence electrons. The van der Waals surface area contributed by atoms with E-state index in [-0.39, 0.29) is 11.0 Å². The summed E-state index contributed by atoms with van der Waals surface area (Å²) in [6, 6.07) is 3.87. The van der Waals surface area contributed by atoms with Crippen LogP contribution in [0.5, 0.6) is 0 Å². The molecule has 0 bridgehead atoms. The number of halogens is 1. The summed E-state index contributed by atoms with van der Waals surface area (Å²) in [5.74, 6) is 0.0213. The van der Waals surface area contributed by atoms with E-state index in [2.05, 4.69) is 0 Å². The van der Waals surface area contributed by atoms with Gasteiger partial charge in [-0.25, -0.2) is 12.8 Å². The van der Waals surface area contributed by atoms with Crippen LogP contribution >= 0.6 is 0 Å². The molecule has 1 atom stereocenters. The lowest BCUT2D eigenvalue weighted by Gasteiger charge is -2.38. The molecule has 0 spiro atoms. The van der Waals surface area contributed by atoms with Gasteiger partial charge in [-0.3, -0.25) is 0 Å². The van der Waals surface area contributed by atoms with Crippen molar-refractivity contribution < 1.29 is 22.3 Å². The first-order valence-corrected chi connectivity index (χ1v) is 8.86. The van der Waals surface area contributed by atoms with Crippen LogP contribution in [0.4, 0.5) is 4.39 Å². The van der Waals surface area contributed by atoms with Gasteiger partial charge in [-0.1, -0.05) is 0 Å². The first-order valence-electron chi connectivity index (χ1n) is 7.42. The molecule has 2 aliphatic rings. The highest BCUT2D eigenvalue weighted by atomic mass is 32.2. The standard InChI is InChI=1S/C15H20FNO4S/c1-11-6-14(2-3-15(11)16)22(18,19)17-7-13(8-17)21-10-12-4-5-20-9-12/h2-3,6,12-13H,4-5,7-10H2,1H3. The number of sulfonamides is 1. The highest BCUT2D eigenvalue weighted by molar-refractivity contribution is 7.89. The number of benzene rings is 1. The molecule has 3 rings (SSSR count). The maximum Gasteiger partial charge on any atom is 0.243 e. The van der Waals surface area contributed by atoms with E-state index in [0.717, 1.165) is 19.6 Å². The quantitative estimate of drug-likeness (QED) is 0.823. The molecule has 0 saturated carbocycles. The first-order chi connectivity index (χ1) is 10.5. The van der Waals surface area contributed by atoms with Gasteiger partial charge >= 0.3 is 0 Å². The van der Waals surface area contributed by atoms with Gasteiger partial charge in [0.2, 0.25) is 10.0 Å². The normalized spacial score (nSPS) is 23.6. The molecule has 22 heavy (non-hydrogen) atoms. The Hall–Kier alpha value is -1.02. The van der Waals surface area contributed by atoms with Gasteiger partial charge in [0, 0.05) is 25.6 Å². The second-order valence-electron chi connectivity index (χ2n) is 5.92. The largest absolute Gasteiger partial charge is 0.381 e. The van der Waals surface area contributed by atoms with E-state index in [9.17, 15) is 12.8 Å². The Morgan fingerprint density at radius 2 is 2.18 bits per heavy atom. The predicted molar refractivity (Wildman–Crippen MR) is 78.6 cm³/mol. The Kier molecular flexibility index (Phi) is 4.49.